The van der Waals surface area contributed by atoms with E-state index in [9.17, 15) is 14.7 Å². The summed E-state index contributed by atoms with van der Waals surface area (Å²) in [6.07, 6.45) is 0.150. The predicted octanol–water partition coefficient (Wildman–Crippen LogP) is 3.65. The van der Waals surface area contributed by atoms with E-state index in [1.165, 1.54) is 6.07 Å². The molecular formula is C16H14ClNO3. The Balaban J connectivity index is 1.88. The third-order valence-corrected chi connectivity index (χ3v) is 3.18. The number of para-hydroxylation sites is 2. The van der Waals surface area contributed by atoms with Crippen molar-refractivity contribution in [3.05, 3.63) is 59.1 Å². The summed E-state index contributed by atoms with van der Waals surface area (Å²) in [6.45, 7) is 0. The number of ketones is 1. The number of carbonyl (C=O) groups is 2. The number of benzene rings is 2. The zero-order chi connectivity index (χ0) is 15.2. The van der Waals surface area contributed by atoms with Crippen LogP contribution in [-0.4, -0.2) is 16.8 Å². The summed E-state index contributed by atoms with van der Waals surface area (Å²) in [6, 6.07) is 13.0. The van der Waals surface area contributed by atoms with E-state index in [-0.39, 0.29) is 30.3 Å². The van der Waals surface area contributed by atoms with Crippen LogP contribution in [-0.2, 0) is 4.79 Å². The fourth-order valence-electron chi connectivity index (χ4n) is 1.80. The average molecular weight is 304 g/mol. The molecule has 108 valence electrons. The van der Waals surface area contributed by atoms with Crippen LogP contribution >= 0.6 is 11.6 Å². The number of hydrogen-bond donors (Lipinski definition) is 2. The van der Waals surface area contributed by atoms with Crippen molar-refractivity contribution in [2.24, 2.45) is 0 Å². The topological polar surface area (TPSA) is 66.4 Å². The second kappa shape index (κ2) is 6.90. The normalized spacial score (nSPS) is 10.1. The first-order valence-electron chi connectivity index (χ1n) is 6.43. The number of phenolic OH excluding ortho intramolecular Hbond substituents is 1. The van der Waals surface area contributed by atoms with Crippen molar-refractivity contribution in [1.82, 2.24) is 0 Å². The van der Waals surface area contributed by atoms with Crippen LogP contribution in [0.3, 0.4) is 0 Å². The van der Waals surface area contributed by atoms with E-state index in [0.717, 1.165) is 0 Å². The van der Waals surface area contributed by atoms with Gasteiger partial charge in [-0.3, -0.25) is 9.59 Å². The molecule has 2 rings (SSSR count). The average Bonchev–Trinajstić information content (AvgIpc) is 2.48. The van der Waals surface area contributed by atoms with Crippen LogP contribution in [0.5, 0.6) is 5.75 Å². The van der Waals surface area contributed by atoms with Crippen molar-refractivity contribution < 1.29 is 14.7 Å². The van der Waals surface area contributed by atoms with Gasteiger partial charge in [-0.2, -0.15) is 0 Å². The number of nitrogens with one attached hydrogen (secondary N) is 1. The molecule has 0 fully saturated rings. The SMILES string of the molecule is O=C(CCC(=O)c1ccc(Cl)cc1)Nc1ccccc1O. The summed E-state index contributed by atoms with van der Waals surface area (Å²) in [4.78, 5) is 23.7. The Morgan fingerprint density at radius 3 is 2.33 bits per heavy atom. The molecule has 0 aliphatic carbocycles. The van der Waals surface area contributed by atoms with Crippen molar-refractivity contribution >= 4 is 29.0 Å². The summed E-state index contributed by atoms with van der Waals surface area (Å²) < 4.78 is 0. The highest BCUT2D eigenvalue weighted by Gasteiger charge is 2.10. The van der Waals surface area contributed by atoms with Crippen LogP contribution in [0.25, 0.3) is 0 Å². The molecule has 4 nitrogen and oxygen atoms in total. The lowest BCUT2D eigenvalue weighted by Gasteiger charge is -2.06. The van der Waals surface area contributed by atoms with Crippen molar-refractivity contribution in [3.63, 3.8) is 0 Å². The van der Waals surface area contributed by atoms with Crippen molar-refractivity contribution in [3.8, 4) is 5.75 Å². The molecule has 0 radical (unpaired) electrons. The van der Waals surface area contributed by atoms with Gasteiger partial charge in [-0.1, -0.05) is 23.7 Å². The monoisotopic (exact) mass is 303 g/mol. The number of halogens is 1. The van der Waals surface area contributed by atoms with E-state index in [0.29, 0.717) is 16.3 Å². The minimum absolute atomic E-state index is 0.00474. The Morgan fingerprint density at radius 2 is 1.67 bits per heavy atom. The van der Waals surface area contributed by atoms with Crippen molar-refractivity contribution in [2.45, 2.75) is 12.8 Å². The standard InChI is InChI=1S/C16H14ClNO3/c17-12-7-5-11(6-8-12)14(19)9-10-16(21)18-13-3-1-2-4-15(13)20/h1-8,20H,9-10H2,(H,18,21). The van der Waals surface area contributed by atoms with Gasteiger partial charge in [-0.15, -0.1) is 0 Å². The molecule has 2 aromatic rings. The molecule has 0 aliphatic heterocycles. The molecule has 0 unspecified atom stereocenters. The van der Waals surface area contributed by atoms with Gasteiger partial charge in [-0.05, 0) is 36.4 Å². The Bertz CT molecular complexity index is 653. The summed E-state index contributed by atoms with van der Waals surface area (Å²) in [5.41, 5.74) is 0.858. The zero-order valence-corrected chi connectivity index (χ0v) is 11.9. The number of Topliss-reactive ketones (excluding diaryl/α,β-unsaturated/α-hetero) is 1. The summed E-state index contributed by atoms with van der Waals surface area (Å²) in [7, 11) is 0. The van der Waals surface area contributed by atoms with Crippen LogP contribution in [0.2, 0.25) is 5.02 Å². The maximum absolute atomic E-state index is 11.9. The van der Waals surface area contributed by atoms with Crippen LogP contribution in [0.1, 0.15) is 23.2 Å². The lowest BCUT2D eigenvalue weighted by molar-refractivity contribution is -0.116. The number of rotatable bonds is 5. The lowest BCUT2D eigenvalue weighted by atomic mass is 10.1. The van der Waals surface area contributed by atoms with Gasteiger partial charge in [0.2, 0.25) is 5.91 Å². The molecule has 5 heteroatoms. The van der Waals surface area contributed by atoms with Gasteiger partial charge < -0.3 is 10.4 Å². The van der Waals surface area contributed by atoms with Crippen molar-refractivity contribution in [2.75, 3.05) is 5.32 Å². The highest BCUT2D eigenvalue weighted by atomic mass is 35.5. The Hall–Kier alpha value is -2.33. The summed E-state index contributed by atoms with van der Waals surface area (Å²) in [5, 5.41) is 12.7. The van der Waals surface area contributed by atoms with E-state index in [2.05, 4.69) is 5.32 Å². The second-order valence-corrected chi connectivity index (χ2v) is 4.93. The Kier molecular flexibility index (Phi) is 4.95. The minimum atomic E-state index is -0.321. The molecule has 21 heavy (non-hydrogen) atoms. The summed E-state index contributed by atoms with van der Waals surface area (Å²) in [5.74, 6) is -0.451. The quantitative estimate of drug-likeness (QED) is 0.654. The Morgan fingerprint density at radius 1 is 1.00 bits per heavy atom. The molecule has 0 saturated heterocycles. The van der Waals surface area contributed by atoms with Crippen LogP contribution in [0.4, 0.5) is 5.69 Å². The van der Waals surface area contributed by atoms with E-state index >= 15 is 0 Å². The smallest absolute Gasteiger partial charge is 0.224 e. The maximum atomic E-state index is 11.9. The fourth-order valence-corrected chi connectivity index (χ4v) is 1.93. The second-order valence-electron chi connectivity index (χ2n) is 4.50. The molecule has 0 aliphatic rings. The number of amides is 1. The minimum Gasteiger partial charge on any atom is -0.506 e. The Labute approximate surface area is 127 Å². The first-order chi connectivity index (χ1) is 10.1. The van der Waals surface area contributed by atoms with Crippen LogP contribution in [0.15, 0.2) is 48.5 Å². The van der Waals surface area contributed by atoms with Gasteiger partial charge >= 0.3 is 0 Å². The zero-order valence-electron chi connectivity index (χ0n) is 11.2. The molecule has 2 N–H and O–H groups in total. The van der Waals surface area contributed by atoms with Crippen molar-refractivity contribution in [1.29, 1.82) is 0 Å². The van der Waals surface area contributed by atoms with Crippen LogP contribution < -0.4 is 5.32 Å². The summed E-state index contributed by atoms with van der Waals surface area (Å²) >= 11 is 5.75. The van der Waals surface area contributed by atoms with Gasteiger partial charge in [0, 0.05) is 23.4 Å². The molecule has 0 heterocycles. The van der Waals surface area contributed by atoms with Crippen LogP contribution in [0, 0.1) is 0 Å². The number of anilines is 1. The molecule has 2 aromatic carbocycles. The molecular weight excluding hydrogens is 290 g/mol. The molecule has 0 spiro atoms. The van der Waals surface area contributed by atoms with E-state index in [1.54, 1.807) is 42.5 Å². The predicted molar refractivity (Wildman–Crippen MR) is 81.8 cm³/mol. The highest BCUT2D eigenvalue weighted by Crippen LogP contribution is 2.21. The highest BCUT2D eigenvalue weighted by molar-refractivity contribution is 6.30. The molecule has 0 aromatic heterocycles. The third kappa shape index (κ3) is 4.33. The van der Waals surface area contributed by atoms with Gasteiger partial charge in [0.05, 0.1) is 5.69 Å². The molecule has 0 bridgehead atoms. The first-order valence-corrected chi connectivity index (χ1v) is 6.80. The van der Waals surface area contributed by atoms with Gasteiger partial charge in [0.15, 0.2) is 5.78 Å². The van der Waals surface area contributed by atoms with E-state index in [1.807, 2.05) is 0 Å². The number of carbonyl (C=O) groups excluding carboxylic acids is 2. The lowest BCUT2D eigenvalue weighted by Crippen LogP contribution is -2.13. The third-order valence-electron chi connectivity index (χ3n) is 2.92. The maximum Gasteiger partial charge on any atom is 0.224 e. The largest absolute Gasteiger partial charge is 0.506 e. The van der Waals surface area contributed by atoms with Gasteiger partial charge in [0.1, 0.15) is 5.75 Å². The number of aromatic hydroxyl groups is 1. The van der Waals surface area contributed by atoms with Gasteiger partial charge in [-0.25, -0.2) is 0 Å². The molecule has 1 amide bonds. The number of hydrogen-bond acceptors (Lipinski definition) is 3. The van der Waals surface area contributed by atoms with Gasteiger partial charge in [0.25, 0.3) is 0 Å². The fraction of sp³-hybridized carbons (Fsp3) is 0.125. The number of phenols is 1. The van der Waals surface area contributed by atoms with E-state index < -0.39 is 0 Å². The first kappa shape index (κ1) is 15.1. The van der Waals surface area contributed by atoms with E-state index in [4.69, 9.17) is 11.6 Å². The molecule has 0 saturated carbocycles. The molecule has 0 atom stereocenters.